The summed E-state index contributed by atoms with van der Waals surface area (Å²) in [7, 11) is -3.59. The number of halogens is 1. The SMILES string of the molecule is CC1(c2ccccc2)Nc2cc(Cl)ccc2S(=O)(=O)N1. The quantitative estimate of drug-likeness (QED) is 0.851. The zero-order valence-corrected chi connectivity index (χ0v) is 12.3. The molecule has 0 aromatic heterocycles. The number of rotatable bonds is 1. The van der Waals surface area contributed by atoms with Gasteiger partial charge in [0.25, 0.3) is 0 Å². The topological polar surface area (TPSA) is 58.2 Å². The van der Waals surface area contributed by atoms with Gasteiger partial charge in [0, 0.05) is 5.02 Å². The zero-order valence-electron chi connectivity index (χ0n) is 10.7. The van der Waals surface area contributed by atoms with E-state index in [1.165, 1.54) is 6.07 Å². The molecule has 2 N–H and O–H groups in total. The molecule has 6 heteroatoms. The Hall–Kier alpha value is -1.56. The van der Waals surface area contributed by atoms with Gasteiger partial charge < -0.3 is 5.32 Å². The van der Waals surface area contributed by atoms with Crippen LogP contribution in [0.25, 0.3) is 0 Å². The third kappa shape index (κ3) is 2.18. The van der Waals surface area contributed by atoms with Crippen LogP contribution < -0.4 is 10.0 Å². The molecule has 0 aliphatic carbocycles. The molecule has 0 saturated heterocycles. The van der Waals surface area contributed by atoms with E-state index in [0.717, 1.165) is 5.56 Å². The molecule has 1 unspecified atom stereocenters. The lowest BCUT2D eigenvalue weighted by molar-refractivity contribution is 0.473. The van der Waals surface area contributed by atoms with Crippen LogP contribution >= 0.6 is 11.6 Å². The van der Waals surface area contributed by atoms with Gasteiger partial charge in [0.05, 0.1) is 5.69 Å². The number of sulfonamides is 1. The van der Waals surface area contributed by atoms with Crippen LogP contribution in [0.15, 0.2) is 53.4 Å². The van der Waals surface area contributed by atoms with Crippen molar-refractivity contribution in [2.24, 2.45) is 0 Å². The molecule has 104 valence electrons. The molecule has 0 spiro atoms. The van der Waals surface area contributed by atoms with Crippen LogP contribution in [-0.4, -0.2) is 8.42 Å². The lowest BCUT2D eigenvalue weighted by Gasteiger charge is -2.37. The number of hydrogen-bond acceptors (Lipinski definition) is 3. The Balaban J connectivity index is 2.16. The zero-order chi connectivity index (χ0) is 14.4. The van der Waals surface area contributed by atoms with Crippen molar-refractivity contribution in [3.8, 4) is 0 Å². The minimum Gasteiger partial charge on any atom is -0.362 e. The van der Waals surface area contributed by atoms with Crippen molar-refractivity contribution < 1.29 is 8.42 Å². The van der Waals surface area contributed by atoms with Crippen molar-refractivity contribution in [1.29, 1.82) is 0 Å². The molecule has 1 aliphatic rings. The summed E-state index contributed by atoms with van der Waals surface area (Å²) in [5.74, 6) is 0. The Labute approximate surface area is 122 Å². The predicted octanol–water partition coefficient (Wildman–Crippen LogP) is 2.92. The van der Waals surface area contributed by atoms with Crippen molar-refractivity contribution in [3.05, 3.63) is 59.1 Å². The molecule has 1 heterocycles. The van der Waals surface area contributed by atoms with Gasteiger partial charge in [-0.25, -0.2) is 8.42 Å². The third-order valence-electron chi connectivity index (χ3n) is 3.31. The molecule has 0 bridgehead atoms. The third-order valence-corrected chi connectivity index (χ3v) is 5.15. The first kappa shape index (κ1) is 13.4. The number of anilines is 1. The number of fused-ring (bicyclic) bond motifs is 1. The van der Waals surface area contributed by atoms with Crippen LogP contribution in [0.2, 0.25) is 5.02 Å². The van der Waals surface area contributed by atoms with Gasteiger partial charge in [-0.15, -0.1) is 0 Å². The highest BCUT2D eigenvalue weighted by molar-refractivity contribution is 7.89. The molecular weight excluding hydrogens is 296 g/mol. The van der Waals surface area contributed by atoms with Crippen LogP contribution in [-0.2, 0) is 15.7 Å². The summed E-state index contributed by atoms with van der Waals surface area (Å²) >= 11 is 5.95. The summed E-state index contributed by atoms with van der Waals surface area (Å²) in [6.45, 7) is 1.78. The molecule has 3 rings (SSSR count). The molecule has 1 atom stereocenters. The largest absolute Gasteiger partial charge is 0.362 e. The second-order valence-corrected chi connectivity index (χ2v) is 6.95. The highest BCUT2D eigenvalue weighted by atomic mass is 35.5. The Morgan fingerprint density at radius 1 is 1.10 bits per heavy atom. The van der Waals surface area contributed by atoms with Gasteiger partial charge >= 0.3 is 0 Å². The van der Waals surface area contributed by atoms with Gasteiger partial charge in [0.2, 0.25) is 10.0 Å². The highest BCUT2D eigenvalue weighted by Crippen LogP contribution is 2.35. The molecule has 20 heavy (non-hydrogen) atoms. The number of benzene rings is 2. The van der Waals surface area contributed by atoms with E-state index < -0.39 is 15.7 Å². The van der Waals surface area contributed by atoms with E-state index in [-0.39, 0.29) is 4.90 Å². The summed E-state index contributed by atoms with van der Waals surface area (Å²) < 4.78 is 27.4. The fraction of sp³-hybridized carbons (Fsp3) is 0.143. The molecule has 0 radical (unpaired) electrons. The summed E-state index contributed by atoms with van der Waals surface area (Å²) in [6.07, 6.45) is 0. The van der Waals surface area contributed by atoms with E-state index in [9.17, 15) is 8.42 Å². The van der Waals surface area contributed by atoms with E-state index in [2.05, 4.69) is 10.0 Å². The van der Waals surface area contributed by atoms with Crippen LogP contribution in [0.5, 0.6) is 0 Å². The van der Waals surface area contributed by atoms with Gasteiger partial charge in [0.1, 0.15) is 10.6 Å². The minimum absolute atomic E-state index is 0.204. The molecule has 0 amide bonds. The molecule has 0 saturated carbocycles. The van der Waals surface area contributed by atoms with Crippen LogP contribution in [0, 0.1) is 0 Å². The molecule has 2 aromatic carbocycles. The summed E-state index contributed by atoms with van der Waals surface area (Å²) in [4.78, 5) is 0.204. The smallest absolute Gasteiger partial charge is 0.244 e. The number of hydrogen-bond donors (Lipinski definition) is 2. The normalized spacial score (nSPS) is 23.7. The maximum Gasteiger partial charge on any atom is 0.244 e. The molecule has 4 nitrogen and oxygen atoms in total. The average Bonchev–Trinajstić information content (AvgIpc) is 2.38. The van der Waals surface area contributed by atoms with Crippen LogP contribution in [0.4, 0.5) is 5.69 Å². The van der Waals surface area contributed by atoms with E-state index >= 15 is 0 Å². The van der Waals surface area contributed by atoms with Gasteiger partial charge in [0.15, 0.2) is 0 Å². The van der Waals surface area contributed by atoms with E-state index in [4.69, 9.17) is 11.6 Å². The lowest BCUT2D eigenvalue weighted by Crippen LogP contribution is -2.52. The van der Waals surface area contributed by atoms with Crippen molar-refractivity contribution >= 4 is 27.3 Å². The summed E-state index contributed by atoms with van der Waals surface area (Å²) in [5, 5.41) is 3.70. The molecular formula is C14H13ClN2O2S. The second-order valence-electron chi connectivity index (χ2n) is 4.86. The lowest BCUT2D eigenvalue weighted by atomic mass is 10.0. The maximum absolute atomic E-state index is 12.4. The van der Waals surface area contributed by atoms with Crippen molar-refractivity contribution in [3.63, 3.8) is 0 Å². The molecule has 1 aliphatic heterocycles. The molecule has 0 fully saturated rings. The maximum atomic E-state index is 12.4. The van der Waals surface area contributed by atoms with E-state index in [1.54, 1.807) is 19.1 Å². The predicted molar refractivity (Wildman–Crippen MR) is 79.2 cm³/mol. The Kier molecular flexibility index (Phi) is 3.01. The standard InChI is InChI=1S/C14H13ClN2O2S/c1-14(10-5-3-2-4-6-10)16-12-9-11(15)7-8-13(12)20(18,19)17-14/h2-9,16-17H,1H3. The first-order valence-corrected chi connectivity index (χ1v) is 7.94. The van der Waals surface area contributed by atoms with Crippen molar-refractivity contribution in [2.75, 3.05) is 5.32 Å². The summed E-state index contributed by atoms with van der Waals surface area (Å²) in [6, 6.07) is 14.0. The van der Waals surface area contributed by atoms with Gasteiger partial charge in [-0.3, -0.25) is 0 Å². The first-order chi connectivity index (χ1) is 9.41. The van der Waals surface area contributed by atoms with Crippen molar-refractivity contribution in [1.82, 2.24) is 4.72 Å². The van der Waals surface area contributed by atoms with Crippen LogP contribution in [0.1, 0.15) is 12.5 Å². The van der Waals surface area contributed by atoms with Gasteiger partial charge in [-0.2, -0.15) is 4.72 Å². The Morgan fingerprint density at radius 3 is 2.50 bits per heavy atom. The fourth-order valence-electron chi connectivity index (χ4n) is 2.36. The number of nitrogens with one attached hydrogen (secondary N) is 2. The van der Waals surface area contributed by atoms with Crippen molar-refractivity contribution in [2.45, 2.75) is 17.5 Å². The van der Waals surface area contributed by atoms with Gasteiger partial charge in [-0.05, 0) is 30.7 Å². The second kappa shape index (κ2) is 4.48. The average molecular weight is 309 g/mol. The fourth-order valence-corrected chi connectivity index (χ4v) is 3.99. The van der Waals surface area contributed by atoms with E-state index in [1.807, 2.05) is 30.3 Å². The highest BCUT2D eigenvalue weighted by Gasteiger charge is 2.38. The Bertz CT molecular complexity index is 762. The van der Waals surface area contributed by atoms with Gasteiger partial charge in [-0.1, -0.05) is 41.9 Å². The monoisotopic (exact) mass is 308 g/mol. The summed E-state index contributed by atoms with van der Waals surface area (Å²) in [5.41, 5.74) is 0.425. The van der Waals surface area contributed by atoms with E-state index in [0.29, 0.717) is 10.7 Å². The first-order valence-electron chi connectivity index (χ1n) is 6.08. The van der Waals surface area contributed by atoms with Crippen LogP contribution in [0.3, 0.4) is 0 Å². The minimum atomic E-state index is -3.59. The molecule has 2 aromatic rings. The Morgan fingerprint density at radius 2 is 1.80 bits per heavy atom.